The molecule has 3 aliphatic rings. The van der Waals surface area contributed by atoms with E-state index in [2.05, 4.69) is 5.32 Å². The molecular weight excluding hydrogens is 803 g/mol. The largest absolute Gasteiger partial charge is 0.508 e. The molecule has 3 aromatic carbocycles. The molecular formula is C45H51N5O12. The van der Waals surface area contributed by atoms with Crippen molar-refractivity contribution < 1.29 is 58.7 Å². The highest BCUT2D eigenvalue weighted by Gasteiger charge is 2.64. The van der Waals surface area contributed by atoms with E-state index < -0.39 is 107 Å². The fourth-order valence-corrected chi connectivity index (χ4v) is 8.75. The summed E-state index contributed by atoms with van der Waals surface area (Å²) in [6.07, 6.45) is -1.07. The molecule has 0 aromatic heterocycles. The number of nitrogens with two attached hydrogens (primary N) is 1. The summed E-state index contributed by atoms with van der Waals surface area (Å²) in [4.78, 5) is 84.9. The highest BCUT2D eigenvalue weighted by molar-refractivity contribution is 6.24. The topological polar surface area (TPSA) is 250 Å². The predicted octanol–water partition coefficient (Wildman–Crippen LogP) is 3.54. The molecule has 3 amide bonds. The summed E-state index contributed by atoms with van der Waals surface area (Å²) in [5.74, 6) is -10.3. The molecule has 17 heteroatoms. The average Bonchev–Trinajstić information content (AvgIpc) is 3.19. The highest BCUT2D eigenvalue weighted by Crippen LogP contribution is 2.54. The molecule has 3 aliphatic carbocycles. The van der Waals surface area contributed by atoms with Gasteiger partial charge in [-0.2, -0.15) is 0 Å². The number of hydrogen-bond acceptors (Lipinski definition) is 14. The summed E-state index contributed by atoms with van der Waals surface area (Å²) in [6, 6.07) is 18.1. The number of primary amides is 1. The minimum atomic E-state index is -2.83. The number of esters is 1. The number of amides is 3. The number of ketones is 2. The number of aliphatic hydroxyl groups excluding tert-OH is 2. The van der Waals surface area contributed by atoms with Crippen LogP contribution in [0.2, 0.25) is 0 Å². The number of hydrogen-bond donors (Lipinski definition) is 6. The predicted molar refractivity (Wildman–Crippen MR) is 226 cm³/mol. The van der Waals surface area contributed by atoms with Gasteiger partial charge in [-0.1, -0.05) is 60.7 Å². The van der Waals surface area contributed by atoms with Crippen LogP contribution in [0, 0.1) is 11.8 Å². The van der Waals surface area contributed by atoms with Crippen LogP contribution in [0.25, 0.3) is 5.76 Å². The number of ether oxygens (including phenoxy) is 2. The van der Waals surface area contributed by atoms with Crippen molar-refractivity contribution >= 4 is 52.6 Å². The van der Waals surface area contributed by atoms with Crippen LogP contribution in [-0.4, -0.2) is 124 Å². The number of aliphatic hydroxyl groups is 3. The Bertz CT molecular complexity index is 2350. The van der Waals surface area contributed by atoms with Crippen LogP contribution in [-0.2, 0) is 39.9 Å². The Morgan fingerprint density at radius 2 is 1.50 bits per heavy atom. The van der Waals surface area contributed by atoms with E-state index in [9.17, 15) is 49.2 Å². The molecule has 0 spiro atoms. The van der Waals surface area contributed by atoms with Crippen molar-refractivity contribution in [2.75, 3.05) is 51.7 Å². The van der Waals surface area contributed by atoms with Crippen LogP contribution in [0.3, 0.4) is 0 Å². The molecule has 328 valence electrons. The van der Waals surface area contributed by atoms with Crippen LogP contribution < -0.4 is 16.0 Å². The lowest BCUT2D eigenvalue weighted by molar-refractivity contribution is -0.154. The summed E-state index contributed by atoms with van der Waals surface area (Å²) in [6.45, 7) is 3.59. The SMILES string of the molecule is CN(C)c1cc(NC(=O)CN(C(=O)OCOC(=O)C(c2ccccc2)c2ccccc2)C(C)(C)C)c(O)c2c1C[C@H]1C[C@H]3[C@H](N(C)C)C(=O)C(C(N)=O)=C(O)[C@@]3(O)C(=O)C1=C2O. The summed E-state index contributed by atoms with van der Waals surface area (Å²) in [7, 11) is 6.39. The Balaban J connectivity index is 1.25. The lowest BCUT2D eigenvalue weighted by atomic mass is 9.57. The van der Waals surface area contributed by atoms with Gasteiger partial charge in [-0.25, -0.2) is 4.79 Å². The van der Waals surface area contributed by atoms with E-state index in [1.165, 1.54) is 25.1 Å². The van der Waals surface area contributed by atoms with E-state index >= 15 is 0 Å². The second-order valence-electron chi connectivity index (χ2n) is 17.1. The number of Topliss-reactive ketones (excluding diaryl/α,β-unsaturated/α-hetero) is 2. The molecule has 0 heterocycles. The molecule has 1 saturated carbocycles. The van der Waals surface area contributed by atoms with Gasteiger partial charge < -0.3 is 45.9 Å². The van der Waals surface area contributed by atoms with Gasteiger partial charge in [-0.15, -0.1) is 0 Å². The number of carbonyl (C=O) groups is 6. The number of aromatic hydroxyl groups is 1. The average molecular weight is 854 g/mol. The number of benzene rings is 3. The zero-order chi connectivity index (χ0) is 45.6. The van der Waals surface area contributed by atoms with Gasteiger partial charge in [-0.3, -0.25) is 33.8 Å². The summed E-state index contributed by atoms with van der Waals surface area (Å²) in [5.41, 5.74) is 2.00. The van der Waals surface area contributed by atoms with E-state index in [-0.39, 0.29) is 29.7 Å². The Labute approximate surface area is 358 Å². The highest BCUT2D eigenvalue weighted by atomic mass is 16.7. The normalized spacial score (nSPS) is 20.9. The van der Waals surface area contributed by atoms with E-state index in [1.54, 1.807) is 88.3 Å². The molecule has 0 aliphatic heterocycles. The molecule has 7 N–H and O–H groups in total. The first-order chi connectivity index (χ1) is 29.1. The summed E-state index contributed by atoms with van der Waals surface area (Å²) in [5, 5.41) is 49.3. The van der Waals surface area contributed by atoms with Crippen molar-refractivity contribution in [2.24, 2.45) is 17.6 Å². The van der Waals surface area contributed by atoms with Gasteiger partial charge in [0.05, 0.1) is 17.3 Å². The first kappa shape index (κ1) is 44.8. The van der Waals surface area contributed by atoms with E-state index in [0.717, 1.165) is 4.90 Å². The molecule has 0 unspecified atom stereocenters. The number of fused-ring (bicyclic) bond motifs is 3. The molecule has 0 bridgehead atoms. The van der Waals surface area contributed by atoms with E-state index in [4.69, 9.17) is 15.2 Å². The summed E-state index contributed by atoms with van der Waals surface area (Å²) < 4.78 is 10.8. The van der Waals surface area contributed by atoms with Crippen molar-refractivity contribution in [1.29, 1.82) is 0 Å². The fourth-order valence-electron chi connectivity index (χ4n) is 8.75. The monoisotopic (exact) mass is 853 g/mol. The zero-order valence-electron chi connectivity index (χ0n) is 35.5. The molecule has 1 fully saturated rings. The van der Waals surface area contributed by atoms with Crippen molar-refractivity contribution in [2.45, 2.75) is 56.7 Å². The number of nitrogens with one attached hydrogen (secondary N) is 1. The lowest BCUT2D eigenvalue weighted by Crippen LogP contribution is -2.65. The van der Waals surface area contributed by atoms with Crippen molar-refractivity contribution in [3.05, 3.63) is 106 Å². The third kappa shape index (κ3) is 7.96. The van der Waals surface area contributed by atoms with Crippen LogP contribution in [0.1, 0.15) is 55.4 Å². The van der Waals surface area contributed by atoms with E-state index in [1.807, 2.05) is 12.1 Å². The minimum absolute atomic E-state index is 0.0233. The maximum atomic E-state index is 14.4. The second-order valence-corrected chi connectivity index (χ2v) is 17.1. The van der Waals surface area contributed by atoms with Crippen LogP contribution in [0.4, 0.5) is 16.2 Å². The smallest absolute Gasteiger partial charge is 0.413 e. The van der Waals surface area contributed by atoms with Gasteiger partial charge in [0.2, 0.25) is 18.5 Å². The Morgan fingerprint density at radius 3 is 2.02 bits per heavy atom. The standard InChI is InChI=1S/C45H51N5O12/c1-44(2,3)50(43(59)62-22-61-42(58)31(23-14-10-8-11-15-23)24-16-12-9-13-17-24)21-30(51)47-28-20-29(48(4)5)26-18-25-19-27-35(49(6)7)38(54)34(41(46)57)40(56)45(27,60)39(55)32(25)37(53)33(26)36(28)52/h8-17,20,25,27,31,35,52-53,56,60H,18-19,21-22H2,1-7H3,(H2,46,57)(H,47,51)/t25-,27-,35-,45-/m0/s1. The van der Waals surface area contributed by atoms with Gasteiger partial charge in [0.15, 0.2) is 11.4 Å². The molecule has 17 nitrogen and oxygen atoms in total. The zero-order valence-corrected chi connectivity index (χ0v) is 35.5. The molecule has 4 atom stereocenters. The Kier molecular flexibility index (Phi) is 12.3. The van der Waals surface area contributed by atoms with Gasteiger partial charge in [0.25, 0.3) is 5.91 Å². The second kappa shape index (κ2) is 17.0. The molecule has 6 rings (SSSR count). The molecule has 3 aromatic rings. The van der Waals surface area contributed by atoms with Crippen molar-refractivity contribution in [3.8, 4) is 5.75 Å². The van der Waals surface area contributed by atoms with Gasteiger partial charge in [0, 0.05) is 36.8 Å². The maximum absolute atomic E-state index is 14.4. The van der Waals surface area contributed by atoms with Crippen LogP contribution in [0.5, 0.6) is 5.75 Å². The number of likely N-dealkylation sites (N-methyl/N-ethyl adjacent to an activating group) is 1. The third-order valence-corrected chi connectivity index (χ3v) is 11.7. The van der Waals surface area contributed by atoms with Crippen molar-refractivity contribution in [3.63, 3.8) is 0 Å². The first-order valence-electron chi connectivity index (χ1n) is 19.8. The van der Waals surface area contributed by atoms with E-state index in [0.29, 0.717) is 22.4 Å². The molecule has 0 saturated heterocycles. The lowest BCUT2D eigenvalue weighted by Gasteiger charge is -2.50. The quantitative estimate of drug-likeness (QED) is 0.0699. The number of nitrogens with zero attached hydrogens (tertiary/aromatic N) is 3. The van der Waals surface area contributed by atoms with Gasteiger partial charge in [-0.05, 0) is 76.4 Å². The van der Waals surface area contributed by atoms with Crippen LogP contribution >= 0.6 is 0 Å². The van der Waals surface area contributed by atoms with Gasteiger partial charge in [0.1, 0.15) is 35.3 Å². The Morgan fingerprint density at radius 1 is 0.919 bits per heavy atom. The number of anilines is 2. The molecule has 62 heavy (non-hydrogen) atoms. The molecule has 0 radical (unpaired) electrons. The number of phenols is 1. The summed E-state index contributed by atoms with van der Waals surface area (Å²) >= 11 is 0. The minimum Gasteiger partial charge on any atom is -0.508 e. The number of rotatable bonds is 11. The Hall–Kier alpha value is -6.72. The van der Waals surface area contributed by atoms with Crippen LogP contribution in [0.15, 0.2) is 83.6 Å². The first-order valence-corrected chi connectivity index (χ1v) is 19.8. The maximum Gasteiger partial charge on any atom is 0.413 e. The van der Waals surface area contributed by atoms with Gasteiger partial charge >= 0.3 is 12.1 Å². The fraction of sp³-hybridized carbons (Fsp3) is 0.378. The number of carbonyl (C=O) groups excluding carboxylic acids is 6. The third-order valence-electron chi connectivity index (χ3n) is 11.7. The number of phenolic OH excluding ortho intramolecular Hbond substituents is 1. The van der Waals surface area contributed by atoms with Crippen molar-refractivity contribution in [1.82, 2.24) is 9.80 Å².